The molecule has 1 aliphatic heterocycles. The van der Waals surface area contributed by atoms with E-state index in [1.807, 2.05) is 11.0 Å². The van der Waals surface area contributed by atoms with Gasteiger partial charge in [0.25, 0.3) is 5.91 Å². The number of rotatable bonds is 6. The van der Waals surface area contributed by atoms with Gasteiger partial charge < -0.3 is 10.2 Å². The Hall–Kier alpha value is -1.70. The molecule has 3 rings (SSSR count). The predicted octanol–water partition coefficient (Wildman–Crippen LogP) is 3.38. The Morgan fingerprint density at radius 3 is 2.68 bits per heavy atom. The SMILES string of the molecule is Cn1cc(C(=O)NC2CCN(C(=O)CSCc3ccc(Cl)cc3Cl)CC2)cn1. The molecule has 1 fully saturated rings. The Kier molecular flexibility index (Phi) is 7.26. The Morgan fingerprint density at radius 1 is 1.29 bits per heavy atom. The summed E-state index contributed by atoms with van der Waals surface area (Å²) in [7, 11) is 1.78. The number of nitrogens with one attached hydrogen (secondary N) is 1. The van der Waals surface area contributed by atoms with Crippen molar-refractivity contribution in [3.05, 3.63) is 51.8 Å². The lowest BCUT2D eigenvalue weighted by Gasteiger charge is -2.32. The molecule has 1 saturated heterocycles. The number of amides is 2. The number of aromatic nitrogens is 2. The van der Waals surface area contributed by atoms with E-state index in [9.17, 15) is 9.59 Å². The molecule has 2 heterocycles. The van der Waals surface area contributed by atoms with E-state index in [2.05, 4.69) is 10.4 Å². The number of likely N-dealkylation sites (tertiary alicyclic amines) is 1. The van der Waals surface area contributed by atoms with Crippen LogP contribution in [-0.2, 0) is 17.6 Å². The number of halogens is 2. The van der Waals surface area contributed by atoms with E-state index in [0.29, 0.717) is 40.2 Å². The maximum atomic E-state index is 12.4. The molecule has 6 nitrogen and oxygen atoms in total. The van der Waals surface area contributed by atoms with Crippen molar-refractivity contribution in [2.45, 2.75) is 24.6 Å². The lowest BCUT2D eigenvalue weighted by molar-refractivity contribution is -0.129. The summed E-state index contributed by atoms with van der Waals surface area (Å²) in [5, 5.41) is 8.26. The van der Waals surface area contributed by atoms with E-state index in [0.717, 1.165) is 18.4 Å². The van der Waals surface area contributed by atoms with E-state index in [1.165, 1.54) is 0 Å². The first-order valence-corrected chi connectivity index (χ1v) is 10.9. The summed E-state index contributed by atoms with van der Waals surface area (Å²) in [5.74, 6) is 1.07. The van der Waals surface area contributed by atoms with Crippen molar-refractivity contribution < 1.29 is 9.59 Å². The highest BCUT2D eigenvalue weighted by Crippen LogP contribution is 2.25. The average Bonchev–Trinajstić information content (AvgIpc) is 3.10. The van der Waals surface area contributed by atoms with Gasteiger partial charge in [0, 0.05) is 48.2 Å². The molecule has 1 N–H and O–H groups in total. The second-order valence-corrected chi connectivity index (χ2v) is 8.59. The number of hydrogen-bond donors (Lipinski definition) is 1. The number of carbonyl (C=O) groups excluding carboxylic acids is 2. The summed E-state index contributed by atoms with van der Waals surface area (Å²) in [4.78, 5) is 26.5. The van der Waals surface area contributed by atoms with Gasteiger partial charge in [-0.05, 0) is 30.5 Å². The van der Waals surface area contributed by atoms with Crippen molar-refractivity contribution in [2.75, 3.05) is 18.8 Å². The van der Waals surface area contributed by atoms with Gasteiger partial charge in [-0.2, -0.15) is 5.10 Å². The van der Waals surface area contributed by atoms with Crippen LogP contribution in [0.1, 0.15) is 28.8 Å². The molecule has 9 heteroatoms. The van der Waals surface area contributed by atoms with Crippen LogP contribution in [0.25, 0.3) is 0 Å². The number of benzene rings is 1. The van der Waals surface area contributed by atoms with Crippen molar-refractivity contribution in [1.29, 1.82) is 0 Å². The third-order valence-electron chi connectivity index (χ3n) is 4.65. The lowest BCUT2D eigenvalue weighted by Crippen LogP contribution is -2.47. The van der Waals surface area contributed by atoms with Gasteiger partial charge in [-0.15, -0.1) is 11.8 Å². The van der Waals surface area contributed by atoms with E-state index in [-0.39, 0.29) is 17.9 Å². The van der Waals surface area contributed by atoms with Crippen molar-refractivity contribution in [2.24, 2.45) is 7.05 Å². The standard InChI is InChI=1S/C19H22Cl2N4O2S/c1-24-10-14(9-22-24)19(27)23-16-4-6-25(7-5-16)18(26)12-28-11-13-2-3-15(20)8-17(13)21/h2-3,8-10,16H,4-7,11-12H2,1H3,(H,23,27). The molecule has 0 unspecified atom stereocenters. The van der Waals surface area contributed by atoms with Crippen LogP contribution in [0.2, 0.25) is 10.0 Å². The third-order valence-corrected chi connectivity index (χ3v) is 6.20. The minimum atomic E-state index is -0.117. The van der Waals surface area contributed by atoms with Gasteiger partial charge in [0.2, 0.25) is 5.91 Å². The first-order valence-electron chi connectivity index (χ1n) is 9.01. The second-order valence-electron chi connectivity index (χ2n) is 6.76. The molecule has 1 aromatic carbocycles. The van der Waals surface area contributed by atoms with Gasteiger partial charge in [-0.3, -0.25) is 14.3 Å². The molecule has 0 spiro atoms. The highest BCUT2D eigenvalue weighted by atomic mass is 35.5. The second kappa shape index (κ2) is 9.67. The first-order chi connectivity index (χ1) is 13.4. The van der Waals surface area contributed by atoms with Gasteiger partial charge in [-0.1, -0.05) is 29.3 Å². The summed E-state index contributed by atoms with van der Waals surface area (Å²) in [5.41, 5.74) is 1.53. The maximum Gasteiger partial charge on any atom is 0.254 e. The van der Waals surface area contributed by atoms with Crippen LogP contribution in [0.5, 0.6) is 0 Å². The minimum Gasteiger partial charge on any atom is -0.349 e. The quantitative estimate of drug-likeness (QED) is 0.747. The summed E-state index contributed by atoms with van der Waals surface area (Å²) >= 11 is 13.6. The number of aryl methyl sites for hydroxylation is 1. The zero-order valence-electron chi connectivity index (χ0n) is 15.5. The predicted molar refractivity (Wildman–Crippen MR) is 113 cm³/mol. The molecule has 1 aromatic heterocycles. The van der Waals surface area contributed by atoms with Crippen LogP contribution in [-0.4, -0.2) is 51.4 Å². The highest BCUT2D eigenvalue weighted by Gasteiger charge is 2.24. The smallest absolute Gasteiger partial charge is 0.254 e. The molecule has 0 aliphatic carbocycles. The number of nitrogens with zero attached hydrogens (tertiary/aromatic N) is 3. The van der Waals surface area contributed by atoms with E-state index < -0.39 is 0 Å². The van der Waals surface area contributed by atoms with Crippen molar-refractivity contribution >= 4 is 46.8 Å². The molecule has 150 valence electrons. The molecule has 1 aliphatic rings. The molecular weight excluding hydrogens is 419 g/mol. The Labute approximate surface area is 178 Å². The Balaban J connectivity index is 1.39. The highest BCUT2D eigenvalue weighted by molar-refractivity contribution is 7.99. The van der Waals surface area contributed by atoms with Gasteiger partial charge in [-0.25, -0.2) is 0 Å². The molecule has 2 amide bonds. The molecule has 2 aromatic rings. The van der Waals surface area contributed by atoms with E-state index >= 15 is 0 Å². The zero-order valence-corrected chi connectivity index (χ0v) is 17.9. The van der Waals surface area contributed by atoms with Gasteiger partial charge in [0.05, 0.1) is 17.5 Å². The molecule has 0 bridgehead atoms. The maximum absolute atomic E-state index is 12.4. The number of carbonyl (C=O) groups is 2. The van der Waals surface area contributed by atoms with Crippen LogP contribution in [0, 0.1) is 0 Å². The number of hydrogen-bond acceptors (Lipinski definition) is 4. The largest absolute Gasteiger partial charge is 0.349 e. The van der Waals surface area contributed by atoms with Gasteiger partial charge >= 0.3 is 0 Å². The Bertz CT molecular complexity index is 850. The summed E-state index contributed by atoms with van der Waals surface area (Å²) < 4.78 is 1.60. The number of thioether (sulfide) groups is 1. The topological polar surface area (TPSA) is 67.2 Å². The summed E-state index contributed by atoms with van der Waals surface area (Å²) in [6.07, 6.45) is 4.76. The van der Waals surface area contributed by atoms with Crippen LogP contribution in [0.3, 0.4) is 0 Å². The van der Waals surface area contributed by atoms with E-state index in [4.69, 9.17) is 23.2 Å². The lowest BCUT2D eigenvalue weighted by atomic mass is 10.0. The van der Waals surface area contributed by atoms with Crippen molar-refractivity contribution in [1.82, 2.24) is 20.0 Å². The van der Waals surface area contributed by atoms with Crippen LogP contribution < -0.4 is 5.32 Å². The van der Waals surface area contributed by atoms with Crippen LogP contribution >= 0.6 is 35.0 Å². The average molecular weight is 441 g/mol. The zero-order chi connectivity index (χ0) is 20.1. The van der Waals surface area contributed by atoms with E-state index in [1.54, 1.807) is 48.0 Å². The first kappa shape index (κ1) is 21.0. The molecular formula is C19H22Cl2N4O2S. The third kappa shape index (κ3) is 5.65. The summed E-state index contributed by atoms with van der Waals surface area (Å²) in [6, 6.07) is 5.48. The van der Waals surface area contributed by atoms with Crippen LogP contribution in [0.15, 0.2) is 30.6 Å². The van der Waals surface area contributed by atoms with Crippen molar-refractivity contribution in [3.63, 3.8) is 0 Å². The molecule has 28 heavy (non-hydrogen) atoms. The fourth-order valence-electron chi connectivity index (χ4n) is 3.06. The fraction of sp³-hybridized carbons (Fsp3) is 0.421. The van der Waals surface area contributed by atoms with Gasteiger partial charge in [0.15, 0.2) is 0 Å². The normalized spacial score (nSPS) is 14.9. The Morgan fingerprint density at radius 2 is 2.04 bits per heavy atom. The monoisotopic (exact) mass is 440 g/mol. The number of piperidine rings is 1. The molecule has 0 radical (unpaired) electrons. The van der Waals surface area contributed by atoms with Crippen molar-refractivity contribution in [3.8, 4) is 0 Å². The minimum absolute atomic E-state index is 0.0808. The molecule has 0 atom stereocenters. The summed E-state index contributed by atoms with van der Waals surface area (Å²) in [6.45, 7) is 1.30. The fourth-order valence-corrected chi connectivity index (χ4v) is 4.54. The van der Waals surface area contributed by atoms with Crippen LogP contribution in [0.4, 0.5) is 0 Å². The van der Waals surface area contributed by atoms with Gasteiger partial charge in [0.1, 0.15) is 0 Å². The molecule has 0 saturated carbocycles.